The Hall–Kier alpha value is -0.831. The molecule has 2 rings (SSSR count). The first-order chi connectivity index (χ1) is 6.33. The topological polar surface area (TPSA) is 42.2 Å². The van der Waals surface area contributed by atoms with Crippen LogP contribution in [0.3, 0.4) is 0 Å². The van der Waals surface area contributed by atoms with E-state index >= 15 is 0 Å². The number of nitrogens with zero attached hydrogens (tertiary/aromatic N) is 1. The first-order valence-electron chi connectivity index (χ1n) is 4.02. The molecule has 3 nitrogen and oxygen atoms in total. The zero-order chi connectivity index (χ0) is 9.26. The maximum absolute atomic E-state index is 11.6. The standard InChI is InChI=1S/C9H9NO2Se/c11-6-5-10-9(12)7-3-1-2-4-8(7)13-10/h1-4,11H,5-6H2. The third-order valence-electron chi connectivity index (χ3n) is 1.86. The van der Waals surface area contributed by atoms with Gasteiger partial charge in [-0.05, 0) is 0 Å². The van der Waals surface area contributed by atoms with Gasteiger partial charge >= 0.3 is 80.8 Å². The normalized spacial score (nSPS) is 10.8. The van der Waals surface area contributed by atoms with Gasteiger partial charge < -0.3 is 0 Å². The Kier molecular flexibility index (Phi) is 2.36. The predicted molar refractivity (Wildman–Crippen MR) is 52.2 cm³/mol. The summed E-state index contributed by atoms with van der Waals surface area (Å²) < 4.78 is 2.84. The van der Waals surface area contributed by atoms with Gasteiger partial charge in [-0.3, -0.25) is 0 Å². The summed E-state index contributed by atoms with van der Waals surface area (Å²) >= 11 is 0.0659. The van der Waals surface area contributed by atoms with E-state index in [4.69, 9.17) is 5.11 Å². The van der Waals surface area contributed by atoms with Crippen LogP contribution < -0.4 is 5.56 Å². The fourth-order valence-electron chi connectivity index (χ4n) is 1.26. The zero-order valence-electron chi connectivity index (χ0n) is 6.93. The van der Waals surface area contributed by atoms with Crippen molar-refractivity contribution in [2.45, 2.75) is 6.54 Å². The van der Waals surface area contributed by atoms with Crippen molar-refractivity contribution in [1.82, 2.24) is 3.56 Å². The summed E-state index contributed by atoms with van der Waals surface area (Å²) in [5, 5.41) is 9.54. The van der Waals surface area contributed by atoms with Crippen LogP contribution in [-0.4, -0.2) is 30.0 Å². The van der Waals surface area contributed by atoms with E-state index in [1.807, 2.05) is 24.3 Å². The van der Waals surface area contributed by atoms with Crippen molar-refractivity contribution in [3.05, 3.63) is 34.6 Å². The van der Waals surface area contributed by atoms with Crippen molar-refractivity contribution in [1.29, 1.82) is 0 Å². The molecule has 1 aromatic heterocycles. The van der Waals surface area contributed by atoms with Gasteiger partial charge in [0.05, 0.1) is 0 Å². The van der Waals surface area contributed by atoms with Gasteiger partial charge in [0.25, 0.3) is 0 Å². The summed E-state index contributed by atoms with van der Waals surface area (Å²) in [6, 6.07) is 7.63. The summed E-state index contributed by atoms with van der Waals surface area (Å²) in [6.07, 6.45) is 0. The van der Waals surface area contributed by atoms with Crippen LogP contribution in [0.25, 0.3) is 9.65 Å². The molecular formula is C9H9NO2Se. The Morgan fingerprint density at radius 2 is 2.15 bits per heavy atom. The second kappa shape index (κ2) is 3.50. The average Bonchev–Trinajstić information content (AvgIpc) is 2.46. The molecule has 0 aliphatic rings. The number of hydrogen-bond acceptors (Lipinski definition) is 2. The molecule has 1 N–H and O–H groups in total. The SMILES string of the molecule is O=c1c2ccccc2[se]n1CCO. The number of benzene rings is 1. The second-order valence-electron chi connectivity index (χ2n) is 2.72. The van der Waals surface area contributed by atoms with Gasteiger partial charge in [-0.25, -0.2) is 0 Å². The molecule has 1 heterocycles. The molecule has 13 heavy (non-hydrogen) atoms. The molecule has 68 valence electrons. The van der Waals surface area contributed by atoms with E-state index in [-0.39, 0.29) is 26.9 Å². The van der Waals surface area contributed by atoms with Crippen LogP contribution in [0.4, 0.5) is 0 Å². The summed E-state index contributed by atoms with van der Waals surface area (Å²) in [5.41, 5.74) is 0.0599. The van der Waals surface area contributed by atoms with Crippen molar-refractivity contribution >= 4 is 24.4 Å². The van der Waals surface area contributed by atoms with Gasteiger partial charge in [-0.1, -0.05) is 0 Å². The molecule has 0 atom stereocenters. The molecular weight excluding hydrogens is 233 g/mol. The van der Waals surface area contributed by atoms with Crippen LogP contribution in [0.15, 0.2) is 29.1 Å². The number of rotatable bonds is 2. The van der Waals surface area contributed by atoms with E-state index in [0.717, 1.165) is 9.65 Å². The molecule has 0 saturated heterocycles. The van der Waals surface area contributed by atoms with E-state index < -0.39 is 0 Å². The van der Waals surface area contributed by atoms with Gasteiger partial charge in [-0.2, -0.15) is 0 Å². The molecule has 0 unspecified atom stereocenters. The Labute approximate surface area is 81.2 Å². The number of aliphatic hydroxyl groups is 1. The Morgan fingerprint density at radius 3 is 2.85 bits per heavy atom. The molecule has 0 saturated carbocycles. The van der Waals surface area contributed by atoms with Crippen molar-refractivity contribution < 1.29 is 5.11 Å². The molecule has 0 aliphatic carbocycles. The van der Waals surface area contributed by atoms with Gasteiger partial charge in [0.1, 0.15) is 0 Å². The summed E-state index contributed by atoms with van der Waals surface area (Å²) in [6.45, 7) is 0.495. The fourth-order valence-corrected chi connectivity index (χ4v) is 3.32. The molecule has 0 aliphatic heterocycles. The molecule has 0 amide bonds. The van der Waals surface area contributed by atoms with Crippen LogP contribution >= 0.6 is 0 Å². The summed E-state index contributed by atoms with van der Waals surface area (Å²) in [5.74, 6) is 0. The Balaban J connectivity index is 2.67. The summed E-state index contributed by atoms with van der Waals surface area (Å²) in [4.78, 5) is 11.6. The summed E-state index contributed by atoms with van der Waals surface area (Å²) in [7, 11) is 0. The fraction of sp³-hybridized carbons (Fsp3) is 0.222. The van der Waals surface area contributed by atoms with Gasteiger partial charge in [0, 0.05) is 0 Å². The molecule has 0 spiro atoms. The minimum atomic E-state index is 0.0431. The number of aliphatic hydroxyl groups excluding tert-OH is 1. The quantitative estimate of drug-likeness (QED) is 0.756. The van der Waals surface area contributed by atoms with E-state index in [1.54, 1.807) is 3.56 Å². The van der Waals surface area contributed by atoms with Crippen molar-refractivity contribution in [2.75, 3.05) is 6.61 Å². The molecule has 0 fully saturated rings. The van der Waals surface area contributed by atoms with E-state index in [2.05, 4.69) is 0 Å². The first kappa shape index (κ1) is 8.75. The monoisotopic (exact) mass is 243 g/mol. The number of aromatic nitrogens is 1. The van der Waals surface area contributed by atoms with Crippen LogP contribution in [0.2, 0.25) is 0 Å². The number of fused-ring (bicyclic) bond motifs is 1. The predicted octanol–water partition coefficient (Wildman–Crippen LogP) is 0.0508. The molecule has 1 aromatic carbocycles. The van der Waals surface area contributed by atoms with Crippen molar-refractivity contribution in [2.24, 2.45) is 0 Å². The van der Waals surface area contributed by atoms with E-state index in [9.17, 15) is 4.79 Å². The molecule has 4 heteroatoms. The first-order valence-corrected chi connectivity index (χ1v) is 5.65. The van der Waals surface area contributed by atoms with Gasteiger partial charge in [0.2, 0.25) is 0 Å². The van der Waals surface area contributed by atoms with Crippen LogP contribution in [-0.2, 0) is 6.54 Å². The maximum atomic E-state index is 11.6. The third-order valence-corrected chi connectivity index (χ3v) is 4.21. The molecule has 2 aromatic rings. The van der Waals surface area contributed by atoms with Gasteiger partial charge in [-0.15, -0.1) is 0 Å². The van der Waals surface area contributed by atoms with Crippen LogP contribution in [0, 0.1) is 0 Å². The Bertz CT molecular complexity index is 472. The second-order valence-corrected chi connectivity index (χ2v) is 4.95. The van der Waals surface area contributed by atoms with Crippen LogP contribution in [0.1, 0.15) is 0 Å². The van der Waals surface area contributed by atoms with Crippen LogP contribution in [0.5, 0.6) is 0 Å². The third kappa shape index (κ3) is 1.48. The number of hydrogen-bond donors (Lipinski definition) is 1. The molecule has 0 bridgehead atoms. The van der Waals surface area contributed by atoms with Crippen molar-refractivity contribution in [3.8, 4) is 0 Å². The minimum absolute atomic E-state index is 0.0431. The van der Waals surface area contributed by atoms with E-state index in [0.29, 0.717) is 6.54 Å². The molecule has 0 radical (unpaired) electrons. The van der Waals surface area contributed by atoms with E-state index in [1.165, 1.54) is 0 Å². The zero-order valence-corrected chi connectivity index (χ0v) is 8.65. The van der Waals surface area contributed by atoms with Crippen molar-refractivity contribution in [3.63, 3.8) is 0 Å². The average molecular weight is 242 g/mol. The Morgan fingerprint density at radius 1 is 1.38 bits per heavy atom. The van der Waals surface area contributed by atoms with Gasteiger partial charge in [0.15, 0.2) is 0 Å².